The van der Waals surface area contributed by atoms with Crippen LogP contribution < -0.4 is 10.1 Å². The van der Waals surface area contributed by atoms with Crippen molar-refractivity contribution in [3.8, 4) is 5.75 Å². The molecular formula is C30H40N2O4. The van der Waals surface area contributed by atoms with Gasteiger partial charge in [-0.25, -0.2) is 4.79 Å². The van der Waals surface area contributed by atoms with E-state index in [1.165, 1.54) is 42.6 Å². The maximum Gasteiger partial charge on any atom is 0.335 e. The van der Waals surface area contributed by atoms with Crippen molar-refractivity contribution < 1.29 is 19.4 Å². The fraction of sp³-hybridized carbons (Fsp3) is 0.533. The number of hydrogen-bond donors (Lipinski definition) is 2. The molecule has 4 rings (SSSR count). The highest BCUT2D eigenvalue weighted by Gasteiger charge is 2.47. The van der Waals surface area contributed by atoms with E-state index in [-0.39, 0.29) is 16.9 Å². The molecule has 0 radical (unpaired) electrons. The first-order valence-electron chi connectivity index (χ1n) is 13.4. The number of nitrogens with one attached hydrogen (secondary N) is 1. The Labute approximate surface area is 215 Å². The molecule has 2 aromatic carbocycles. The second-order valence-corrected chi connectivity index (χ2v) is 10.5. The fourth-order valence-electron chi connectivity index (χ4n) is 6.26. The molecule has 0 heterocycles. The molecule has 2 aliphatic carbocycles. The molecule has 0 bridgehead atoms. The van der Waals surface area contributed by atoms with Gasteiger partial charge in [0.1, 0.15) is 5.75 Å². The highest BCUT2D eigenvalue weighted by Crippen LogP contribution is 2.49. The van der Waals surface area contributed by atoms with Crippen LogP contribution in [0.5, 0.6) is 5.75 Å². The standard InChI is InChI=1S/C30H40N2O4/c1-5-30(14-15-31-28(33)23-8-7-9-24(16-23)29(34)35)20(3)27(32(6-2)19-21-10-11-21)17-22-12-13-25(36-4)18-26(22)30/h7-9,12-13,16,18,20-21,27H,5-6,10-11,14-15,17,19H2,1-4H3,(H,31,33)(H,34,35)/t20-,27?,30+/m0/s1. The third-order valence-electron chi connectivity index (χ3n) is 8.66. The summed E-state index contributed by atoms with van der Waals surface area (Å²) in [7, 11) is 1.71. The Morgan fingerprint density at radius 1 is 1.14 bits per heavy atom. The van der Waals surface area contributed by atoms with Gasteiger partial charge in [0.15, 0.2) is 0 Å². The molecular weight excluding hydrogens is 452 g/mol. The normalized spacial score (nSPS) is 23.2. The number of nitrogens with zero attached hydrogens (tertiary/aromatic N) is 1. The minimum Gasteiger partial charge on any atom is -0.497 e. The minimum atomic E-state index is -1.03. The zero-order valence-corrected chi connectivity index (χ0v) is 22.0. The number of benzene rings is 2. The molecule has 2 aliphatic rings. The van der Waals surface area contributed by atoms with E-state index >= 15 is 0 Å². The molecule has 0 aliphatic heterocycles. The van der Waals surface area contributed by atoms with Crippen molar-refractivity contribution in [3.05, 3.63) is 64.7 Å². The number of fused-ring (bicyclic) bond motifs is 1. The van der Waals surface area contributed by atoms with Gasteiger partial charge in [0, 0.05) is 30.1 Å². The number of methoxy groups -OCH3 is 1. The molecule has 1 fully saturated rings. The second-order valence-electron chi connectivity index (χ2n) is 10.5. The molecule has 36 heavy (non-hydrogen) atoms. The molecule has 1 saturated carbocycles. The average molecular weight is 493 g/mol. The Morgan fingerprint density at radius 3 is 2.53 bits per heavy atom. The number of rotatable bonds is 11. The minimum absolute atomic E-state index is 0.0973. The van der Waals surface area contributed by atoms with Crippen LogP contribution in [-0.2, 0) is 11.8 Å². The Morgan fingerprint density at radius 2 is 1.89 bits per heavy atom. The number of amides is 1. The largest absolute Gasteiger partial charge is 0.497 e. The quantitative estimate of drug-likeness (QED) is 0.453. The van der Waals surface area contributed by atoms with E-state index < -0.39 is 5.97 Å². The van der Waals surface area contributed by atoms with Crippen LogP contribution in [0.15, 0.2) is 42.5 Å². The summed E-state index contributed by atoms with van der Waals surface area (Å²) in [5.74, 6) is 0.851. The van der Waals surface area contributed by atoms with E-state index in [2.05, 4.69) is 49.2 Å². The number of carboxylic acids is 1. The number of ether oxygens (including phenoxy) is 1. The summed E-state index contributed by atoms with van der Waals surface area (Å²) in [6.07, 6.45) is 5.51. The van der Waals surface area contributed by atoms with Crippen molar-refractivity contribution in [1.82, 2.24) is 10.2 Å². The van der Waals surface area contributed by atoms with Crippen LogP contribution in [0.2, 0.25) is 0 Å². The van der Waals surface area contributed by atoms with Gasteiger partial charge >= 0.3 is 5.97 Å². The molecule has 3 atom stereocenters. The lowest BCUT2D eigenvalue weighted by molar-refractivity contribution is 0.0697. The molecule has 6 nitrogen and oxygen atoms in total. The summed E-state index contributed by atoms with van der Waals surface area (Å²) in [5.41, 5.74) is 3.12. The Hall–Kier alpha value is -2.86. The fourth-order valence-corrected chi connectivity index (χ4v) is 6.26. The van der Waals surface area contributed by atoms with Crippen LogP contribution in [-0.4, -0.2) is 54.7 Å². The van der Waals surface area contributed by atoms with E-state index in [4.69, 9.17) is 4.74 Å². The Bertz CT molecular complexity index is 1100. The summed E-state index contributed by atoms with van der Waals surface area (Å²) >= 11 is 0. The molecule has 0 aromatic heterocycles. The van der Waals surface area contributed by atoms with Crippen LogP contribution >= 0.6 is 0 Å². The highest BCUT2D eigenvalue weighted by molar-refractivity contribution is 5.97. The monoisotopic (exact) mass is 492 g/mol. The maximum absolute atomic E-state index is 12.9. The molecule has 1 amide bonds. The van der Waals surface area contributed by atoms with Crippen molar-refractivity contribution in [3.63, 3.8) is 0 Å². The first-order chi connectivity index (χ1) is 17.3. The molecule has 194 valence electrons. The van der Waals surface area contributed by atoms with Gasteiger partial charge in [-0.15, -0.1) is 0 Å². The molecule has 0 saturated heterocycles. The van der Waals surface area contributed by atoms with E-state index in [1.54, 1.807) is 19.2 Å². The van der Waals surface area contributed by atoms with Crippen molar-refractivity contribution in [2.24, 2.45) is 11.8 Å². The lowest BCUT2D eigenvalue weighted by Gasteiger charge is -2.51. The van der Waals surface area contributed by atoms with Gasteiger partial charge in [-0.3, -0.25) is 9.69 Å². The summed E-state index contributed by atoms with van der Waals surface area (Å²) < 4.78 is 5.61. The third kappa shape index (κ3) is 5.29. The summed E-state index contributed by atoms with van der Waals surface area (Å²) in [5, 5.41) is 12.3. The molecule has 2 aromatic rings. The van der Waals surface area contributed by atoms with Crippen LogP contribution in [0, 0.1) is 11.8 Å². The van der Waals surface area contributed by atoms with Crippen molar-refractivity contribution in [1.29, 1.82) is 0 Å². The Balaban J connectivity index is 1.59. The van der Waals surface area contributed by atoms with Gasteiger partial charge < -0.3 is 15.2 Å². The predicted octanol–water partition coefficient (Wildman–Crippen LogP) is 5.15. The number of carbonyl (C=O) groups is 2. The van der Waals surface area contributed by atoms with Crippen molar-refractivity contribution in [2.45, 2.75) is 64.3 Å². The van der Waals surface area contributed by atoms with Gasteiger partial charge in [-0.05, 0) is 91.9 Å². The van der Waals surface area contributed by atoms with E-state index in [9.17, 15) is 14.7 Å². The predicted molar refractivity (Wildman–Crippen MR) is 142 cm³/mol. The van der Waals surface area contributed by atoms with Crippen LogP contribution in [0.25, 0.3) is 0 Å². The second kappa shape index (κ2) is 11.0. The topological polar surface area (TPSA) is 78.9 Å². The van der Waals surface area contributed by atoms with Gasteiger partial charge in [-0.1, -0.05) is 32.9 Å². The highest BCUT2D eigenvalue weighted by atomic mass is 16.5. The lowest BCUT2D eigenvalue weighted by atomic mass is 9.58. The third-order valence-corrected chi connectivity index (χ3v) is 8.66. The first-order valence-corrected chi connectivity index (χ1v) is 13.4. The summed E-state index contributed by atoms with van der Waals surface area (Å²) in [4.78, 5) is 26.9. The van der Waals surface area contributed by atoms with Crippen LogP contribution in [0.4, 0.5) is 0 Å². The summed E-state index contributed by atoms with van der Waals surface area (Å²) in [6, 6.07) is 13.2. The van der Waals surface area contributed by atoms with Gasteiger partial charge in [-0.2, -0.15) is 0 Å². The Kier molecular flexibility index (Phi) is 8.04. The average Bonchev–Trinajstić information content (AvgIpc) is 3.72. The van der Waals surface area contributed by atoms with E-state index in [0.717, 1.165) is 37.5 Å². The van der Waals surface area contributed by atoms with Gasteiger partial charge in [0.2, 0.25) is 0 Å². The molecule has 0 spiro atoms. The number of hydrogen-bond acceptors (Lipinski definition) is 4. The molecule has 1 unspecified atom stereocenters. The van der Waals surface area contributed by atoms with E-state index in [0.29, 0.717) is 24.1 Å². The van der Waals surface area contributed by atoms with Gasteiger partial charge in [0.25, 0.3) is 5.91 Å². The maximum atomic E-state index is 12.9. The number of aromatic carboxylic acids is 1. The molecule has 6 heteroatoms. The SMILES string of the molecule is CCN(CC1CC1)C1Cc2ccc(OC)cc2[C@](CC)(CCNC(=O)c2cccc(C(=O)O)c2)[C@H]1C. The summed E-state index contributed by atoms with van der Waals surface area (Å²) in [6.45, 7) is 9.67. The molecule has 2 N–H and O–H groups in total. The lowest BCUT2D eigenvalue weighted by Crippen LogP contribution is -2.54. The number of carboxylic acid groups (broad SMARTS) is 1. The van der Waals surface area contributed by atoms with Crippen LogP contribution in [0.3, 0.4) is 0 Å². The zero-order chi connectivity index (χ0) is 25.9. The zero-order valence-electron chi connectivity index (χ0n) is 22.0. The van der Waals surface area contributed by atoms with Crippen molar-refractivity contribution in [2.75, 3.05) is 26.7 Å². The van der Waals surface area contributed by atoms with E-state index in [1.807, 2.05) is 0 Å². The van der Waals surface area contributed by atoms with Crippen LogP contribution in [0.1, 0.15) is 78.3 Å². The first kappa shape index (κ1) is 26.2. The number of likely N-dealkylation sites (N-methyl/N-ethyl adjacent to an activating group) is 1. The smallest absolute Gasteiger partial charge is 0.335 e. The van der Waals surface area contributed by atoms with Crippen molar-refractivity contribution >= 4 is 11.9 Å². The number of carbonyl (C=O) groups excluding carboxylic acids is 1. The van der Waals surface area contributed by atoms with Gasteiger partial charge in [0.05, 0.1) is 12.7 Å².